The van der Waals surface area contributed by atoms with Crippen LogP contribution in [0.1, 0.15) is 66.5 Å². The van der Waals surface area contributed by atoms with Crippen LogP contribution in [0.2, 0.25) is 0 Å². The van der Waals surface area contributed by atoms with Gasteiger partial charge in [-0.15, -0.1) is 0 Å². The summed E-state index contributed by atoms with van der Waals surface area (Å²) < 4.78 is 5.19. The SMILES string of the molecule is CCC(C)N(C(=O)CNC(=O)OC(C)(C)C)C(C(=O)NC(C)C)c1ccc(O)cc1. The van der Waals surface area contributed by atoms with Gasteiger partial charge in [0.05, 0.1) is 0 Å². The van der Waals surface area contributed by atoms with Crippen LogP contribution in [0.15, 0.2) is 24.3 Å². The van der Waals surface area contributed by atoms with Crippen molar-refractivity contribution < 1.29 is 24.2 Å². The molecule has 0 aromatic heterocycles. The summed E-state index contributed by atoms with van der Waals surface area (Å²) in [6.07, 6.45) is -0.0883. The smallest absolute Gasteiger partial charge is 0.408 e. The van der Waals surface area contributed by atoms with E-state index in [2.05, 4.69) is 10.6 Å². The first-order valence-corrected chi connectivity index (χ1v) is 10.2. The van der Waals surface area contributed by atoms with Gasteiger partial charge in [-0.3, -0.25) is 9.59 Å². The number of hydrogen-bond donors (Lipinski definition) is 3. The molecule has 0 heterocycles. The molecule has 0 bridgehead atoms. The number of phenols is 1. The second kappa shape index (κ2) is 10.8. The second-order valence-corrected chi connectivity index (χ2v) is 8.57. The average Bonchev–Trinajstić information content (AvgIpc) is 2.62. The quantitative estimate of drug-likeness (QED) is 0.598. The molecule has 0 saturated heterocycles. The number of benzene rings is 1. The molecule has 0 aliphatic heterocycles. The molecule has 1 aromatic carbocycles. The van der Waals surface area contributed by atoms with Crippen molar-refractivity contribution in [3.05, 3.63) is 29.8 Å². The molecule has 0 fully saturated rings. The van der Waals surface area contributed by atoms with Crippen molar-refractivity contribution in [3.8, 4) is 5.75 Å². The van der Waals surface area contributed by atoms with Crippen molar-refractivity contribution in [3.63, 3.8) is 0 Å². The van der Waals surface area contributed by atoms with Gasteiger partial charge in [0.15, 0.2) is 0 Å². The summed E-state index contributed by atoms with van der Waals surface area (Å²) in [6, 6.07) is 4.89. The monoisotopic (exact) mass is 421 g/mol. The zero-order valence-electron chi connectivity index (χ0n) is 19.0. The molecule has 0 spiro atoms. The Morgan fingerprint density at radius 2 is 1.67 bits per heavy atom. The number of alkyl carbamates (subject to hydrolysis) is 1. The van der Waals surface area contributed by atoms with E-state index in [9.17, 15) is 19.5 Å². The van der Waals surface area contributed by atoms with E-state index in [1.807, 2.05) is 27.7 Å². The summed E-state index contributed by atoms with van der Waals surface area (Å²) in [5, 5.41) is 14.9. The number of phenolic OH excluding ortho intramolecular Hbond substituents is 1. The highest BCUT2D eigenvalue weighted by Crippen LogP contribution is 2.26. The number of amides is 3. The number of nitrogens with one attached hydrogen (secondary N) is 2. The lowest BCUT2D eigenvalue weighted by Crippen LogP contribution is -2.51. The number of carbonyl (C=O) groups is 3. The van der Waals surface area contributed by atoms with Crippen molar-refractivity contribution in [1.29, 1.82) is 0 Å². The third kappa shape index (κ3) is 7.93. The Balaban J connectivity index is 3.19. The fraction of sp³-hybridized carbons (Fsp3) is 0.591. The molecule has 3 amide bonds. The first-order valence-electron chi connectivity index (χ1n) is 10.2. The number of carbonyl (C=O) groups excluding carboxylic acids is 3. The maximum atomic E-state index is 13.1. The number of hydrogen-bond acceptors (Lipinski definition) is 5. The molecule has 1 rings (SSSR count). The summed E-state index contributed by atoms with van der Waals surface area (Å²) in [5.41, 5.74) is -0.119. The summed E-state index contributed by atoms with van der Waals surface area (Å²) in [4.78, 5) is 39.6. The molecule has 2 unspecified atom stereocenters. The standard InChI is InChI=1S/C22H35N3O5/c1-8-15(4)25(18(27)13-23-21(29)30-22(5,6)7)19(20(28)24-14(2)3)16-9-11-17(26)12-10-16/h9-12,14-15,19,26H,8,13H2,1-7H3,(H,23,29)(H,24,28). The Bertz CT molecular complexity index is 725. The maximum Gasteiger partial charge on any atom is 0.408 e. The molecule has 1 aromatic rings. The Hall–Kier alpha value is -2.77. The van der Waals surface area contributed by atoms with E-state index in [0.29, 0.717) is 12.0 Å². The number of aromatic hydroxyl groups is 1. The summed E-state index contributed by atoms with van der Waals surface area (Å²) in [6.45, 7) is 12.3. The van der Waals surface area contributed by atoms with Crippen molar-refractivity contribution in [1.82, 2.24) is 15.5 Å². The molecule has 3 N–H and O–H groups in total. The Kier molecular flexibility index (Phi) is 9.14. The highest BCUT2D eigenvalue weighted by Gasteiger charge is 2.34. The fourth-order valence-corrected chi connectivity index (χ4v) is 2.85. The van der Waals surface area contributed by atoms with Gasteiger partial charge in [0.1, 0.15) is 23.9 Å². The minimum Gasteiger partial charge on any atom is -0.508 e. The molecule has 0 radical (unpaired) electrons. The molecular weight excluding hydrogens is 386 g/mol. The highest BCUT2D eigenvalue weighted by molar-refractivity contribution is 5.90. The molecule has 168 valence electrons. The normalized spacial score (nSPS) is 13.3. The van der Waals surface area contributed by atoms with Crippen LogP contribution in [0.3, 0.4) is 0 Å². The Morgan fingerprint density at radius 3 is 2.13 bits per heavy atom. The largest absolute Gasteiger partial charge is 0.508 e. The molecule has 2 atom stereocenters. The van der Waals surface area contributed by atoms with Crippen molar-refractivity contribution >= 4 is 17.9 Å². The third-order valence-corrected chi connectivity index (χ3v) is 4.30. The van der Waals surface area contributed by atoms with E-state index in [1.165, 1.54) is 17.0 Å². The van der Waals surface area contributed by atoms with Crippen LogP contribution in [0, 0.1) is 0 Å². The van der Waals surface area contributed by atoms with Gasteiger partial charge in [-0.25, -0.2) is 4.79 Å². The Labute approximate surface area is 179 Å². The van der Waals surface area contributed by atoms with Gasteiger partial charge >= 0.3 is 6.09 Å². The number of rotatable bonds is 8. The van der Waals surface area contributed by atoms with Crippen molar-refractivity contribution in [2.75, 3.05) is 6.54 Å². The summed E-state index contributed by atoms with van der Waals surface area (Å²) >= 11 is 0. The first-order chi connectivity index (χ1) is 13.9. The average molecular weight is 422 g/mol. The van der Waals surface area contributed by atoms with Gasteiger partial charge in [0, 0.05) is 12.1 Å². The van der Waals surface area contributed by atoms with E-state index in [-0.39, 0.29) is 30.3 Å². The Morgan fingerprint density at radius 1 is 1.10 bits per heavy atom. The van der Waals surface area contributed by atoms with Gasteiger partial charge in [0.25, 0.3) is 0 Å². The topological polar surface area (TPSA) is 108 Å². The molecule has 30 heavy (non-hydrogen) atoms. The first kappa shape index (κ1) is 25.3. The molecule has 0 aliphatic carbocycles. The number of nitrogens with zero attached hydrogens (tertiary/aromatic N) is 1. The van der Waals surface area contributed by atoms with Gasteiger partial charge in [-0.05, 0) is 65.7 Å². The van der Waals surface area contributed by atoms with Gasteiger partial charge in [-0.2, -0.15) is 0 Å². The van der Waals surface area contributed by atoms with E-state index in [1.54, 1.807) is 32.9 Å². The van der Waals surface area contributed by atoms with Crippen LogP contribution in [0.4, 0.5) is 4.79 Å². The predicted molar refractivity (Wildman–Crippen MR) is 115 cm³/mol. The lowest BCUT2D eigenvalue weighted by Gasteiger charge is -2.36. The lowest BCUT2D eigenvalue weighted by molar-refractivity contribution is -0.142. The summed E-state index contributed by atoms with van der Waals surface area (Å²) in [7, 11) is 0. The third-order valence-electron chi connectivity index (χ3n) is 4.30. The van der Waals surface area contributed by atoms with Crippen LogP contribution in [0.25, 0.3) is 0 Å². The summed E-state index contributed by atoms with van der Waals surface area (Å²) in [5.74, 6) is -0.677. The number of ether oxygens (including phenoxy) is 1. The van der Waals surface area contributed by atoms with Crippen LogP contribution < -0.4 is 10.6 Å². The van der Waals surface area contributed by atoms with Crippen molar-refractivity contribution in [2.45, 2.75) is 78.6 Å². The fourth-order valence-electron chi connectivity index (χ4n) is 2.85. The predicted octanol–water partition coefficient (Wildman–Crippen LogP) is 3.11. The molecule has 8 nitrogen and oxygen atoms in total. The molecule has 8 heteroatoms. The van der Waals surface area contributed by atoms with Crippen LogP contribution in [0.5, 0.6) is 5.75 Å². The van der Waals surface area contributed by atoms with E-state index < -0.39 is 23.6 Å². The van der Waals surface area contributed by atoms with E-state index >= 15 is 0 Å². The van der Waals surface area contributed by atoms with Gasteiger partial charge in [0.2, 0.25) is 11.8 Å². The van der Waals surface area contributed by atoms with Gasteiger partial charge in [-0.1, -0.05) is 19.1 Å². The van der Waals surface area contributed by atoms with Crippen molar-refractivity contribution in [2.24, 2.45) is 0 Å². The maximum absolute atomic E-state index is 13.1. The van der Waals surface area contributed by atoms with E-state index in [4.69, 9.17) is 4.74 Å². The zero-order chi connectivity index (χ0) is 23.1. The zero-order valence-corrected chi connectivity index (χ0v) is 19.0. The molecule has 0 saturated carbocycles. The second-order valence-electron chi connectivity index (χ2n) is 8.57. The minimum atomic E-state index is -0.907. The lowest BCUT2D eigenvalue weighted by atomic mass is 10.0. The highest BCUT2D eigenvalue weighted by atomic mass is 16.6. The van der Waals surface area contributed by atoms with Crippen LogP contribution in [-0.2, 0) is 14.3 Å². The molecular formula is C22H35N3O5. The van der Waals surface area contributed by atoms with Gasteiger partial charge < -0.3 is 25.4 Å². The van der Waals surface area contributed by atoms with Crippen LogP contribution in [-0.4, -0.2) is 52.1 Å². The minimum absolute atomic E-state index is 0.0646. The molecule has 0 aliphatic rings. The van der Waals surface area contributed by atoms with E-state index in [0.717, 1.165) is 0 Å². The van der Waals surface area contributed by atoms with Crippen LogP contribution >= 0.6 is 0 Å².